The highest BCUT2D eigenvalue weighted by molar-refractivity contribution is 6.32. The van der Waals surface area contributed by atoms with Gasteiger partial charge in [0.1, 0.15) is 0 Å². The zero-order valence-electron chi connectivity index (χ0n) is 9.34. The Kier molecular flexibility index (Phi) is 4.44. The van der Waals surface area contributed by atoms with Gasteiger partial charge in [0.25, 0.3) is 0 Å². The lowest BCUT2D eigenvalue weighted by atomic mass is 10.2. The van der Waals surface area contributed by atoms with Crippen molar-refractivity contribution >= 4 is 11.9 Å². The van der Waals surface area contributed by atoms with Gasteiger partial charge in [0, 0.05) is 26.0 Å². The van der Waals surface area contributed by atoms with Gasteiger partial charge in [-0.05, 0) is 24.6 Å². The molecular formula is C11H14N2O3. The predicted octanol–water partition coefficient (Wildman–Crippen LogP) is 0.603. The third-order valence-corrected chi connectivity index (χ3v) is 1.97. The Hall–Kier alpha value is -1.91. The summed E-state index contributed by atoms with van der Waals surface area (Å²) in [6, 6.07) is 3.57. The van der Waals surface area contributed by atoms with Crippen LogP contribution in [-0.4, -0.2) is 35.4 Å². The van der Waals surface area contributed by atoms with Crippen molar-refractivity contribution in [3.8, 4) is 0 Å². The van der Waals surface area contributed by atoms with Crippen LogP contribution >= 0.6 is 0 Å². The van der Waals surface area contributed by atoms with Crippen LogP contribution in [-0.2, 0) is 20.9 Å². The Bertz CT molecular complexity index is 365. The Balaban J connectivity index is 2.55. The maximum atomic E-state index is 11.5. The fourth-order valence-electron chi connectivity index (χ4n) is 1.18. The molecular weight excluding hydrogens is 208 g/mol. The highest BCUT2D eigenvalue weighted by atomic mass is 16.5. The molecule has 1 rings (SSSR count). The van der Waals surface area contributed by atoms with Gasteiger partial charge < -0.3 is 9.64 Å². The molecule has 1 aromatic rings. The maximum Gasteiger partial charge on any atom is 0.397 e. The van der Waals surface area contributed by atoms with Crippen molar-refractivity contribution in [1.29, 1.82) is 0 Å². The summed E-state index contributed by atoms with van der Waals surface area (Å²) in [5.74, 6) is -1.46. The number of hydrogen-bond donors (Lipinski definition) is 0. The van der Waals surface area contributed by atoms with Gasteiger partial charge in [-0.3, -0.25) is 9.78 Å². The summed E-state index contributed by atoms with van der Waals surface area (Å²) in [7, 11) is 1.56. The Labute approximate surface area is 94.0 Å². The minimum Gasteiger partial charge on any atom is -0.459 e. The van der Waals surface area contributed by atoms with Crippen molar-refractivity contribution in [2.75, 3.05) is 13.7 Å². The lowest BCUT2D eigenvalue weighted by molar-refractivity contribution is -0.159. The average molecular weight is 222 g/mol. The second-order valence-electron chi connectivity index (χ2n) is 3.24. The van der Waals surface area contributed by atoms with E-state index in [1.807, 2.05) is 0 Å². The molecule has 0 aliphatic carbocycles. The molecule has 0 fully saturated rings. The van der Waals surface area contributed by atoms with E-state index < -0.39 is 11.9 Å². The molecule has 0 aromatic carbocycles. The largest absolute Gasteiger partial charge is 0.459 e. The highest BCUT2D eigenvalue weighted by Gasteiger charge is 2.19. The summed E-state index contributed by atoms with van der Waals surface area (Å²) in [5.41, 5.74) is 0.912. The van der Waals surface area contributed by atoms with Crippen LogP contribution in [0.4, 0.5) is 0 Å². The fourth-order valence-corrected chi connectivity index (χ4v) is 1.18. The summed E-state index contributed by atoms with van der Waals surface area (Å²) >= 11 is 0. The number of hydrogen-bond acceptors (Lipinski definition) is 4. The first-order valence-electron chi connectivity index (χ1n) is 4.96. The van der Waals surface area contributed by atoms with E-state index in [4.69, 9.17) is 0 Å². The molecule has 5 nitrogen and oxygen atoms in total. The second kappa shape index (κ2) is 5.85. The molecule has 0 radical (unpaired) electrons. The van der Waals surface area contributed by atoms with E-state index >= 15 is 0 Å². The second-order valence-corrected chi connectivity index (χ2v) is 3.24. The third kappa shape index (κ3) is 3.34. The summed E-state index contributed by atoms with van der Waals surface area (Å²) in [4.78, 5) is 27.8. The van der Waals surface area contributed by atoms with Crippen molar-refractivity contribution < 1.29 is 14.3 Å². The van der Waals surface area contributed by atoms with Crippen molar-refractivity contribution in [1.82, 2.24) is 9.88 Å². The monoisotopic (exact) mass is 222 g/mol. The van der Waals surface area contributed by atoms with Gasteiger partial charge in [0.15, 0.2) is 0 Å². The molecule has 16 heavy (non-hydrogen) atoms. The van der Waals surface area contributed by atoms with E-state index in [0.29, 0.717) is 6.54 Å². The van der Waals surface area contributed by atoms with Gasteiger partial charge in [-0.25, -0.2) is 4.79 Å². The van der Waals surface area contributed by atoms with Gasteiger partial charge in [-0.15, -0.1) is 0 Å². The molecule has 1 heterocycles. The number of nitrogens with zero attached hydrogens (tertiary/aromatic N) is 2. The van der Waals surface area contributed by atoms with Crippen LogP contribution in [0.5, 0.6) is 0 Å². The molecule has 0 aliphatic heterocycles. The quantitative estimate of drug-likeness (QED) is 0.555. The van der Waals surface area contributed by atoms with Gasteiger partial charge in [-0.2, -0.15) is 0 Å². The van der Waals surface area contributed by atoms with Crippen molar-refractivity contribution in [2.24, 2.45) is 0 Å². The molecule has 0 atom stereocenters. The predicted molar refractivity (Wildman–Crippen MR) is 57.3 cm³/mol. The third-order valence-electron chi connectivity index (χ3n) is 1.97. The van der Waals surface area contributed by atoms with Gasteiger partial charge >= 0.3 is 11.9 Å². The van der Waals surface area contributed by atoms with E-state index in [0.717, 1.165) is 5.56 Å². The molecule has 0 bridgehead atoms. The SMILES string of the molecule is CCOC(=O)C(=O)N(C)Cc1ccncc1. The van der Waals surface area contributed by atoms with Crippen LogP contribution in [0.25, 0.3) is 0 Å². The smallest absolute Gasteiger partial charge is 0.397 e. The van der Waals surface area contributed by atoms with E-state index in [1.165, 1.54) is 4.90 Å². The number of rotatable bonds is 3. The summed E-state index contributed by atoms with van der Waals surface area (Å²) in [6.07, 6.45) is 3.27. The maximum absolute atomic E-state index is 11.5. The molecule has 0 aliphatic rings. The van der Waals surface area contributed by atoms with Crippen LogP contribution in [0.15, 0.2) is 24.5 Å². The van der Waals surface area contributed by atoms with E-state index in [9.17, 15) is 9.59 Å². The normalized spacial score (nSPS) is 9.62. The van der Waals surface area contributed by atoms with Crippen molar-refractivity contribution in [3.05, 3.63) is 30.1 Å². The fraction of sp³-hybridized carbons (Fsp3) is 0.364. The first-order valence-corrected chi connectivity index (χ1v) is 4.96. The number of likely N-dealkylation sites (N-methyl/N-ethyl adjacent to an activating group) is 1. The minimum absolute atomic E-state index is 0.202. The molecule has 1 amide bonds. The number of aromatic nitrogens is 1. The van der Waals surface area contributed by atoms with Crippen molar-refractivity contribution in [2.45, 2.75) is 13.5 Å². The molecule has 0 spiro atoms. The molecule has 5 heteroatoms. The first-order chi connectivity index (χ1) is 7.65. The molecule has 0 N–H and O–H groups in total. The molecule has 0 saturated heterocycles. The van der Waals surface area contributed by atoms with Gasteiger partial charge in [-0.1, -0.05) is 0 Å². The minimum atomic E-state index is -0.820. The van der Waals surface area contributed by atoms with Crippen LogP contribution in [0.3, 0.4) is 0 Å². The number of carbonyl (C=O) groups excluding carboxylic acids is 2. The van der Waals surface area contributed by atoms with Crippen LogP contribution in [0.1, 0.15) is 12.5 Å². The first kappa shape index (κ1) is 12.2. The number of ether oxygens (including phenoxy) is 1. The number of esters is 1. The van der Waals surface area contributed by atoms with Crippen LogP contribution < -0.4 is 0 Å². The van der Waals surface area contributed by atoms with Gasteiger partial charge in [0.2, 0.25) is 0 Å². The Morgan fingerprint density at radius 3 is 2.56 bits per heavy atom. The topological polar surface area (TPSA) is 59.5 Å². The van der Waals surface area contributed by atoms with E-state index in [1.54, 1.807) is 38.5 Å². The lowest BCUT2D eigenvalue weighted by Crippen LogP contribution is -2.34. The van der Waals surface area contributed by atoms with E-state index in [-0.39, 0.29) is 6.61 Å². The zero-order chi connectivity index (χ0) is 12.0. The summed E-state index contributed by atoms with van der Waals surface area (Å²) < 4.78 is 4.62. The molecule has 0 unspecified atom stereocenters. The van der Waals surface area contributed by atoms with Crippen LogP contribution in [0.2, 0.25) is 0 Å². The highest BCUT2D eigenvalue weighted by Crippen LogP contribution is 2.01. The standard InChI is InChI=1S/C11H14N2O3/c1-3-16-11(15)10(14)13(2)8-9-4-6-12-7-5-9/h4-7H,3,8H2,1-2H3. The molecule has 0 saturated carbocycles. The summed E-state index contributed by atoms with van der Waals surface area (Å²) in [6.45, 7) is 2.22. The van der Waals surface area contributed by atoms with Crippen molar-refractivity contribution in [3.63, 3.8) is 0 Å². The van der Waals surface area contributed by atoms with Gasteiger partial charge in [0.05, 0.1) is 6.61 Å². The number of carbonyl (C=O) groups is 2. The number of pyridine rings is 1. The molecule has 1 aromatic heterocycles. The number of amides is 1. The average Bonchev–Trinajstić information content (AvgIpc) is 2.29. The lowest BCUT2D eigenvalue weighted by Gasteiger charge is -2.15. The zero-order valence-corrected chi connectivity index (χ0v) is 9.34. The molecule has 86 valence electrons. The summed E-state index contributed by atoms with van der Waals surface area (Å²) in [5, 5.41) is 0. The Morgan fingerprint density at radius 1 is 1.38 bits per heavy atom. The van der Waals surface area contributed by atoms with Crippen LogP contribution in [0, 0.1) is 0 Å². The Morgan fingerprint density at radius 2 is 2.00 bits per heavy atom. The van der Waals surface area contributed by atoms with E-state index in [2.05, 4.69) is 9.72 Å².